The first-order valence-corrected chi connectivity index (χ1v) is 9.91. The number of amides is 2. The van der Waals surface area contributed by atoms with Crippen molar-refractivity contribution in [1.82, 2.24) is 15.1 Å². The Morgan fingerprint density at radius 2 is 2.08 bits per heavy atom. The van der Waals surface area contributed by atoms with Gasteiger partial charge < -0.3 is 15.0 Å². The van der Waals surface area contributed by atoms with Crippen LogP contribution in [0.5, 0.6) is 0 Å². The van der Waals surface area contributed by atoms with Gasteiger partial charge in [0.25, 0.3) is 5.91 Å². The predicted octanol–water partition coefficient (Wildman–Crippen LogP) is 1.09. The lowest BCUT2D eigenvalue weighted by Crippen LogP contribution is -2.46. The first-order chi connectivity index (χ1) is 12.3. The highest BCUT2D eigenvalue weighted by molar-refractivity contribution is 7.99. The summed E-state index contributed by atoms with van der Waals surface area (Å²) >= 11 is 1.68. The van der Waals surface area contributed by atoms with E-state index in [9.17, 15) is 9.59 Å². The number of nitrogens with one attached hydrogen (secondary N) is 1. The van der Waals surface area contributed by atoms with Crippen LogP contribution in [0.2, 0.25) is 0 Å². The van der Waals surface area contributed by atoms with E-state index < -0.39 is 0 Å². The van der Waals surface area contributed by atoms with Crippen molar-refractivity contribution in [2.75, 3.05) is 45.1 Å². The van der Waals surface area contributed by atoms with Crippen molar-refractivity contribution in [3.8, 4) is 0 Å². The standard InChI is InChI=1S/C18H23N3O3S/c22-16(19-6-3-7-20-8-10-24-11-9-20)15-12-25-18-14-5-2-1-4-13(14)17(23)21(15)18/h1-2,4-5,15,18H,3,6-12H2,(H,19,22)/t15-,18-/m1/s1. The van der Waals surface area contributed by atoms with Crippen LogP contribution in [0.15, 0.2) is 24.3 Å². The van der Waals surface area contributed by atoms with Gasteiger partial charge in [-0.05, 0) is 24.6 Å². The Balaban J connectivity index is 1.29. The molecule has 0 aromatic heterocycles. The second-order valence-corrected chi connectivity index (χ2v) is 7.71. The summed E-state index contributed by atoms with van der Waals surface area (Å²) in [6.45, 7) is 5.15. The first kappa shape index (κ1) is 16.9. The van der Waals surface area contributed by atoms with E-state index in [1.54, 1.807) is 16.7 Å². The molecule has 2 atom stereocenters. The van der Waals surface area contributed by atoms with Crippen LogP contribution in [0, 0.1) is 0 Å². The van der Waals surface area contributed by atoms with Crippen LogP contribution < -0.4 is 5.32 Å². The Morgan fingerprint density at radius 3 is 2.92 bits per heavy atom. The van der Waals surface area contributed by atoms with E-state index in [4.69, 9.17) is 4.74 Å². The third kappa shape index (κ3) is 3.28. The van der Waals surface area contributed by atoms with Crippen LogP contribution in [0.3, 0.4) is 0 Å². The van der Waals surface area contributed by atoms with Gasteiger partial charge in [0.1, 0.15) is 11.4 Å². The van der Waals surface area contributed by atoms with Crippen LogP contribution in [-0.2, 0) is 9.53 Å². The number of thioether (sulfide) groups is 1. The fourth-order valence-electron chi connectivity index (χ4n) is 3.70. The Hall–Kier alpha value is -1.57. The molecule has 3 aliphatic heterocycles. The quantitative estimate of drug-likeness (QED) is 0.796. The van der Waals surface area contributed by atoms with Crippen LogP contribution >= 0.6 is 11.8 Å². The number of carbonyl (C=O) groups excluding carboxylic acids is 2. The van der Waals surface area contributed by atoms with E-state index in [1.807, 2.05) is 24.3 Å². The molecule has 3 aliphatic rings. The maximum absolute atomic E-state index is 12.6. The van der Waals surface area contributed by atoms with Gasteiger partial charge in [0, 0.05) is 31.0 Å². The molecule has 0 saturated carbocycles. The monoisotopic (exact) mass is 361 g/mol. The van der Waals surface area contributed by atoms with Gasteiger partial charge in [-0.1, -0.05) is 18.2 Å². The predicted molar refractivity (Wildman–Crippen MR) is 96.5 cm³/mol. The summed E-state index contributed by atoms with van der Waals surface area (Å²) in [5.74, 6) is 0.622. The van der Waals surface area contributed by atoms with Crippen LogP contribution in [0.4, 0.5) is 0 Å². The zero-order valence-corrected chi connectivity index (χ0v) is 15.0. The zero-order valence-electron chi connectivity index (χ0n) is 14.1. The Bertz CT molecular complexity index is 663. The van der Waals surface area contributed by atoms with E-state index in [2.05, 4.69) is 10.2 Å². The number of fused-ring (bicyclic) bond motifs is 3. The van der Waals surface area contributed by atoms with Crippen molar-refractivity contribution in [1.29, 1.82) is 0 Å². The summed E-state index contributed by atoms with van der Waals surface area (Å²) in [7, 11) is 0. The maximum atomic E-state index is 12.6. The number of morpholine rings is 1. The molecular weight excluding hydrogens is 338 g/mol. The Morgan fingerprint density at radius 1 is 1.28 bits per heavy atom. The molecule has 0 unspecified atom stereocenters. The molecule has 3 heterocycles. The minimum atomic E-state index is -0.363. The fourth-order valence-corrected chi connectivity index (χ4v) is 5.16. The molecule has 7 heteroatoms. The molecule has 2 amide bonds. The van der Waals surface area contributed by atoms with Crippen molar-refractivity contribution < 1.29 is 14.3 Å². The second kappa shape index (κ2) is 7.35. The van der Waals surface area contributed by atoms with Gasteiger partial charge in [0.2, 0.25) is 5.91 Å². The molecule has 6 nitrogen and oxygen atoms in total. The molecular formula is C18H23N3O3S. The number of ether oxygens (including phenoxy) is 1. The molecule has 0 radical (unpaired) electrons. The van der Waals surface area contributed by atoms with Crippen LogP contribution in [-0.4, -0.2) is 72.8 Å². The number of hydrogen-bond donors (Lipinski definition) is 1. The summed E-state index contributed by atoms with van der Waals surface area (Å²) in [6.07, 6.45) is 0.920. The third-order valence-electron chi connectivity index (χ3n) is 5.05. The molecule has 25 heavy (non-hydrogen) atoms. The highest BCUT2D eigenvalue weighted by Crippen LogP contribution is 2.47. The number of hydrogen-bond acceptors (Lipinski definition) is 5. The van der Waals surface area contributed by atoms with Gasteiger partial charge in [-0.25, -0.2) is 0 Å². The molecule has 2 fully saturated rings. The highest BCUT2D eigenvalue weighted by atomic mass is 32.2. The van der Waals surface area contributed by atoms with E-state index >= 15 is 0 Å². The lowest BCUT2D eigenvalue weighted by Gasteiger charge is -2.26. The minimum Gasteiger partial charge on any atom is -0.379 e. The van der Waals surface area contributed by atoms with E-state index in [1.165, 1.54) is 0 Å². The summed E-state index contributed by atoms with van der Waals surface area (Å²) in [5.41, 5.74) is 1.78. The van der Waals surface area contributed by atoms with E-state index in [-0.39, 0.29) is 23.2 Å². The summed E-state index contributed by atoms with van der Waals surface area (Å²) < 4.78 is 5.34. The van der Waals surface area contributed by atoms with Crippen LogP contribution in [0.1, 0.15) is 27.7 Å². The molecule has 0 aliphatic carbocycles. The second-order valence-electron chi connectivity index (χ2n) is 6.60. The summed E-state index contributed by atoms with van der Waals surface area (Å²) in [6, 6.07) is 7.32. The molecule has 1 N–H and O–H groups in total. The maximum Gasteiger partial charge on any atom is 0.256 e. The normalized spacial score (nSPS) is 25.8. The van der Waals surface area contributed by atoms with Gasteiger partial charge in [0.05, 0.1) is 13.2 Å². The van der Waals surface area contributed by atoms with Crippen LogP contribution in [0.25, 0.3) is 0 Å². The number of benzene rings is 1. The highest BCUT2D eigenvalue weighted by Gasteiger charge is 2.48. The third-order valence-corrected chi connectivity index (χ3v) is 6.35. The molecule has 0 bridgehead atoms. The topological polar surface area (TPSA) is 61.9 Å². The van der Waals surface area contributed by atoms with Crippen molar-refractivity contribution in [3.05, 3.63) is 35.4 Å². The average Bonchev–Trinajstić information content (AvgIpc) is 3.20. The van der Waals surface area contributed by atoms with Crippen molar-refractivity contribution in [3.63, 3.8) is 0 Å². The molecule has 1 aromatic carbocycles. The lowest BCUT2D eigenvalue weighted by molar-refractivity contribution is -0.124. The molecule has 4 rings (SSSR count). The van der Waals surface area contributed by atoms with Gasteiger partial charge in [-0.3, -0.25) is 14.5 Å². The zero-order chi connectivity index (χ0) is 17.2. The van der Waals surface area contributed by atoms with Crippen molar-refractivity contribution in [2.24, 2.45) is 0 Å². The van der Waals surface area contributed by atoms with E-state index in [0.717, 1.165) is 50.4 Å². The first-order valence-electron chi connectivity index (χ1n) is 8.87. The lowest BCUT2D eigenvalue weighted by atomic mass is 10.1. The molecule has 0 spiro atoms. The smallest absolute Gasteiger partial charge is 0.256 e. The average molecular weight is 361 g/mol. The van der Waals surface area contributed by atoms with Gasteiger partial charge in [-0.2, -0.15) is 0 Å². The number of rotatable bonds is 5. The van der Waals surface area contributed by atoms with Gasteiger partial charge >= 0.3 is 0 Å². The fraction of sp³-hybridized carbons (Fsp3) is 0.556. The number of carbonyl (C=O) groups is 2. The Labute approximate surface area is 151 Å². The van der Waals surface area contributed by atoms with Crippen molar-refractivity contribution >= 4 is 23.6 Å². The van der Waals surface area contributed by atoms with Gasteiger partial charge in [-0.15, -0.1) is 11.8 Å². The Kier molecular flexibility index (Phi) is 4.96. The summed E-state index contributed by atoms with van der Waals surface area (Å²) in [5, 5.41) is 3.01. The SMILES string of the molecule is O=C(NCCCN1CCOCC1)[C@H]1CS[C@@H]2c3ccccc3C(=O)N12. The molecule has 2 saturated heterocycles. The minimum absolute atomic E-state index is 0.00667. The largest absolute Gasteiger partial charge is 0.379 e. The van der Waals surface area contributed by atoms with E-state index in [0.29, 0.717) is 12.3 Å². The van der Waals surface area contributed by atoms with Crippen molar-refractivity contribution in [2.45, 2.75) is 17.8 Å². The number of nitrogens with zero attached hydrogens (tertiary/aromatic N) is 2. The van der Waals surface area contributed by atoms with Gasteiger partial charge in [0.15, 0.2) is 0 Å². The summed E-state index contributed by atoms with van der Waals surface area (Å²) in [4.78, 5) is 29.3. The molecule has 1 aromatic rings. The molecule has 134 valence electrons.